The Hall–Kier alpha value is -3.12. The van der Waals surface area contributed by atoms with Gasteiger partial charge in [-0.05, 0) is 22.2 Å². The molecule has 3 saturated heterocycles. The van der Waals surface area contributed by atoms with Gasteiger partial charge in [0.1, 0.15) is 35.9 Å². The van der Waals surface area contributed by atoms with Gasteiger partial charge in [0, 0.05) is 6.20 Å². The Labute approximate surface area is 353 Å². The first-order valence-electron chi connectivity index (χ1n) is 19.7. The van der Waals surface area contributed by atoms with Crippen molar-refractivity contribution >= 4 is 60.9 Å². The zero-order valence-corrected chi connectivity index (χ0v) is 38.6. The van der Waals surface area contributed by atoms with Gasteiger partial charge in [-0.3, -0.25) is 37.2 Å². The van der Waals surface area contributed by atoms with Crippen LogP contribution in [0.1, 0.15) is 67.8 Å². The highest BCUT2D eigenvalue weighted by Gasteiger charge is 2.61. The Balaban J connectivity index is 1.32. The van der Waals surface area contributed by atoms with E-state index < -0.39 is 129 Å². The van der Waals surface area contributed by atoms with E-state index in [0.717, 1.165) is 28.0 Å². The number of rotatable bonds is 10. The summed E-state index contributed by atoms with van der Waals surface area (Å²) >= 11 is 0. The van der Waals surface area contributed by atoms with Gasteiger partial charge in [0.25, 0.3) is 11.1 Å². The number of anilines is 1. The Bertz CT molecular complexity index is 2510. The molecule has 0 spiro atoms. The molecule has 7 N–H and O–H groups in total. The predicted molar refractivity (Wildman–Crippen MR) is 217 cm³/mol. The van der Waals surface area contributed by atoms with E-state index in [4.69, 9.17) is 41.8 Å². The van der Waals surface area contributed by atoms with E-state index in [-0.39, 0.29) is 33.8 Å². The zero-order valence-electron chi connectivity index (χ0n) is 34.8. The Kier molecular flexibility index (Phi) is 12.9. The van der Waals surface area contributed by atoms with Gasteiger partial charge in [0.05, 0.1) is 25.9 Å². The quantitative estimate of drug-likeness (QED) is 0.0976. The number of hydrogen-bond acceptors (Lipinski definition) is 17. The number of alkyl halides is 1. The molecule has 29 heteroatoms. The van der Waals surface area contributed by atoms with Gasteiger partial charge in [-0.1, -0.05) is 55.4 Å². The highest BCUT2D eigenvalue weighted by atomic mass is 31.2. The lowest BCUT2D eigenvalue weighted by atomic mass is 10.1. The number of H-pyrrole nitrogens is 2. The SMILES string of the molecule is CC(C)[Si](O)(O[Si](O[C@H]1[C@H]2OP(=O)(O)OC[C@H]3OC(n4cnc5c(=O)[nH]c(N)nc54)[C@H](F)[C@@H]3OP(=O)(O)OC[C@H]1O[C@H]2n1cc(F)c2c(=O)[nH]cnc21)(C(C)C)C(C)C)C(C)C. The van der Waals surface area contributed by atoms with Crippen molar-refractivity contribution in [2.24, 2.45) is 0 Å². The van der Waals surface area contributed by atoms with Gasteiger partial charge in [-0.2, -0.15) is 4.98 Å². The second-order valence-corrected chi connectivity index (χ2v) is 28.0. The summed E-state index contributed by atoms with van der Waals surface area (Å²) in [6.45, 7) is 12.6. The van der Waals surface area contributed by atoms with Crippen LogP contribution in [-0.4, -0.2) is 116 Å². The van der Waals surface area contributed by atoms with Crippen molar-refractivity contribution in [3.8, 4) is 0 Å². The van der Waals surface area contributed by atoms with Crippen molar-refractivity contribution in [3.05, 3.63) is 45.4 Å². The third-order valence-electron chi connectivity index (χ3n) is 11.3. The maximum Gasteiger partial charge on any atom is 0.472 e. The molecule has 62 heavy (non-hydrogen) atoms. The smallest absolute Gasteiger partial charge is 0.414 e. The molecule has 0 radical (unpaired) electrons. The summed E-state index contributed by atoms with van der Waals surface area (Å²) < 4.78 is 110. The fourth-order valence-electron chi connectivity index (χ4n) is 8.14. The summed E-state index contributed by atoms with van der Waals surface area (Å²) in [5.74, 6) is -1.39. The highest BCUT2D eigenvalue weighted by Crippen LogP contribution is 2.56. The summed E-state index contributed by atoms with van der Waals surface area (Å²) in [5.41, 5.74) is 1.76. The lowest BCUT2D eigenvalue weighted by Crippen LogP contribution is -2.62. The van der Waals surface area contributed by atoms with Gasteiger partial charge in [0.15, 0.2) is 41.3 Å². The minimum absolute atomic E-state index is 0.223. The van der Waals surface area contributed by atoms with Crippen molar-refractivity contribution in [2.45, 2.75) is 127 Å². The molecule has 0 aromatic carbocycles. The van der Waals surface area contributed by atoms with E-state index in [1.54, 1.807) is 0 Å². The number of hydrogen-bond donors (Lipinski definition) is 6. The van der Waals surface area contributed by atoms with Gasteiger partial charge < -0.3 is 47.9 Å². The van der Waals surface area contributed by atoms with Crippen LogP contribution in [0, 0.1) is 5.82 Å². The van der Waals surface area contributed by atoms with Crippen LogP contribution in [0.25, 0.3) is 22.2 Å². The van der Waals surface area contributed by atoms with Crippen LogP contribution in [0.2, 0.25) is 22.2 Å². The first kappa shape index (κ1) is 46.9. The summed E-state index contributed by atoms with van der Waals surface area (Å²) in [7, 11) is -18.3. The average Bonchev–Trinajstić information content (AvgIpc) is 3.91. The van der Waals surface area contributed by atoms with E-state index in [1.807, 2.05) is 55.4 Å². The number of imidazole rings is 1. The van der Waals surface area contributed by atoms with Crippen LogP contribution < -0.4 is 16.9 Å². The number of halogens is 2. The van der Waals surface area contributed by atoms with Crippen molar-refractivity contribution in [3.63, 3.8) is 0 Å². The Morgan fingerprint density at radius 3 is 2.08 bits per heavy atom. The number of aromatic nitrogens is 7. The minimum Gasteiger partial charge on any atom is -0.414 e. The van der Waals surface area contributed by atoms with Crippen LogP contribution in [0.15, 0.2) is 28.4 Å². The van der Waals surface area contributed by atoms with Crippen molar-refractivity contribution in [1.82, 2.24) is 34.1 Å². The summed E-state index contributed by atoms with van der Waals surface area (Å²) in [4.78, 5) is 76.6. The molecular formula is C33H50F2N8O15P2Si2. The van der Waals surface area contributed by atoms with Crippen LogP contribution in [0.5, 0.6) is 0 Å². The summed E-state index contributed by atoms with van der Waals surface area (Å²) in [5, 5.41) is -0.493. The fourth-order valence-corrected chi connectivity index (χ4v) is 20.0. The molecule has 10 atom stereocenters. The third kappa shape index (κ3) is 8.46. The molecule has 7 heterocycles. The monoisotopic (exact) mass is 954 g/mol. The largest absolute Gasteiger partial charge is 0.472 e. The molecule has 4 aromatic heterocycles. The van der Waals surface area contributed by atoms with Crippen molar-refractivity contribution < 1.29 is 68.6 Å². The second-order valence-electron chi connectivity index (χ2n) is 16.6. The molecular weight excluding hydrogens is 905 g/mol. The Morgan fingerprint density at radius 2 is 1.47 bits per heavy atom. The molecule has 4 aromatic rings. The van der Waals surface area contributed by atoms with E-state index in [0.29, 0.717) is 0 Å². The number of ether oxygens (including phenoxy) is 2. The van der Waals surface area contributed by atoms with Gasteiger partial charge in [-0.25, -0.2) is 27.9 Å². The van der Waals surface area contributed by atoms with Gasteiger partial charge >= 0.3 is 32.8 Å². The van der Waals surface area contributed by atoms with Crippen LogP contribution in [0.4, 0.5) is 14.7 Å². The standard InChI is InChI=1S/C33H50F2N8O15P2Si2/c1-14(2)61(50,15(3)4)58-62(16(5)6,17(7)8)57-25-20-11-52-59(46,47)55-24-19(53-31(22(24)35)43-13-39-23-28(43)40-33(36)41-30(23)45)10-51-60(48,49)56-26(25)32(54-20)42-9-18(34)21-27(42)37-12-38-29(21)44/h9,12-17,19-20,22,24-26,31-32,50H,10-11H2,1-8H3,(H,46,47)(H,48,49)(H,37,38,44)(H3,36,40,41,45)/t19-,20-,22-,24-,25-,26-,31?,32-/m1/s1. The van der Waals surface area contributed by atoms with E-state index in [9.17, 15) is 33.3 Å². The lowest BCUT2D eigenvalue weighted by Gasteiger charge is -2.47. The number of phosphoric ester groups is 2. The summed E-state index contributed by atoms with van der Waals surface area (Å²) in [6.07, 6.45) is -11.7. The molecule has 23 nitrogen and oxygen atoms in total. The van der Waals surface area contributed by atoms with E-state index in [2.05, 4.69) is 24.9 Å². The maximum absolute atomic E-state index is 16.5. The molecule has 0 amide bonds. The number of nitrogens with one attached hydrogen (secondary N) is 2. The molecule has 3 aliphatic rings. The molecule has 7 rings (SSSR count). The maximum atomic E-state index is 16.5. The van der Waals surface area contributed by atoms with Crippen LogP contribution in [-0.2, 0) is 45.2 Å². The molecule has 0 aliphatic carbocycles. The molecule has 2 bridgehead atoms. The molecule has 3 aliphatic heterocycles. The number of aromatic amines is 2. The molecule has 0 saturated carbocycles. The number of nitrogens with two attached hydrogens (primary N) is 1. The van der Waals surface area contributed by atoms with Gasteiger partial charge in [0.2, 0.25) is 5.95 Å². The van der Waals surface area contributed by atoms with E-state index >= 15 is 8.78 Å². The van der Waals surface area contributed by atoms with Crippen LogP contribution >= 0.6 is 15.6 Å². The third-order valence-corrected chi connectivity index (χ3v) is 23.1. The van der Waals surface area contributed by atoms with Crippen molar-refractivity contribution in [1.29, 1.82) is 0 Å². The molecule has 344 valence electrons. The van der Waals surface area contributed by atoms with Gasteiger partial charge in [-0.15, -0.1) is 0 Å². The normalized spacial score (nSPS) is 31.6. The number of fused-ring (bicyclic) bond motifs is 5. The summed E-state index contributed by atoms with van der Waals surface area (Å²) in [6, 6.07) is 0. The topological polar surface area (TPSA) is 309 Å². The zero-order chi connectivity index (χ0) is 45.4. The number of phosphoric acid groups is 2. The Morgan fingerprint density at radius 1 is 0.871 bits per heavy atom. The number of nitrogen functional groups attached to an aromatic ring is 1. The number of nitrogens with zero attached hydrogens (tertiary/aromatic N) is 5. The predicted octanol–water partition coefficient (Wildman–Crippen LogP) is 3.65. The second kappa shape index (κ2) is 17.0. The lowest BCUT2D eigenvalue weighted by molar-refractivity contribution is -0.0670. The molecule has 3 unspecified atom stereocenters. The highest BCUT2D eigenvalue weighted by molar-refractivity contribution is 7.47. The fraction of sp³-hybridized carbons (Fsp3) is 0.667. The van der Waals surface area contributed by atoms with Crippen molar-refractivity contribution in [2.75, 3.05) is 18.9 Å². The van der Waals surface area contributed by atoms with E-state index in [1.165, 1.54) is 0 Å². The average molecular weight is 955 g/mol. The minimum atomic E-state index is -5.42. The van der Waals surface area contributed by atoms with Crippen LogP contribution in [0.3, 0.4) is 0 Å². The first-order chi connectivity index (χ1) is 28.9. The first-order valence-corrected chi connectivity index (χ1v) is 26.7. The molecule has 3 fully saturated rings.